The molecule has 3 aromatic rings. The minimum Gasteiger partial charge on any atom is -0.385 e. The number of carbonyl (C=O) groups excluding carboxylic acids is 1. The van der Waals surface area contributed by atoms with Crippen LogP contribution in [-0.4, -0.2) is 79.0 Å². The van der Waals surface area contributed by atoms with Gasteiger partial charge in [-0.15, -0.1) is 0 Å². The number of para-hydroxylation sites is 2. The molecule has 9 nitrogen and oxygen atoms in total. The predicted molar refractivity (Wildman–Crippen MR) is 146 cm³/mol. The summed E-state index contributed by atoms with van der Waals surface area (Å²) in [7, 11) is -2.35. The van der Waals surface area contributed by atoms with Crippen LogP contribution < -0.4 is 5.73 Å². The molecule has 0 unspecified atom stereocenters. The number of carbonyl (C=O) groups is 1. The molecule has 0 bridgehead atoms. The van der Waals surface area contributed by atoms with Crippen molar-refractivity contribution in [2.75, 3.05) is 39.9 Å². The molecule has 0 aliphatic carbocycles. The Kier molecular flexibility index (Phi) is 8.25. The molecule has 2 saturated heterocycles. The van der Waals surface area contributed by atoms with Gasteiger partial charge in [0.25, 0.3) is 0 Å². The van der Waals surface area contributed by atoms with Gasteiger partial charge in [-0.05, 0) is 49.6 Å². The fourth-order valence-corrected chi connectivity index (χ4v) is 7.71. The number of nitrogens with two attached hydrogens (primary N) is 1. The fourth-order valence-electron chi connectivity index (χ4n) is 5.70. The first-order valence-corrected chi connectivity index (χ1v) is 15.0. The number of hydrogen-bond donors (Lipinski definition) is 1. The number of rotatable bonds is 8. The first-order valence-electron chi connectivity index (χ1n) is 13.1. The lowest BCUT2D eigenvalue weighted by Gasteiger charge is -2.35. The Morgan fingerprint density at radius 3 is 2.77 bits per heavy atom. The number of aryl methyl sites for hydroxylation is 1. The first kappa shape index (κ1) is 28.0. The monoisotopic (exact) mass is 577 g/mol. The number of hydrogen-bond acceptors (Lipinski definition) is 6. The first-order chi connectivity index (χ1) is 18.7. The Morgan fingerprint density at radius 1 is 1.21 bits per heavy atom. The van der Waals surface area contributed by atoms with E-state index >= 15 is 0 Å². The van der Waals surface area contributed by atoms with E-state index < -0.39 is 27.8 Å². The molecule has 39 heavy (non-hydrogen) atoms. The van der Waals surface area contributed by atoms with Crippen LogP contribution in [-0.2, 0) is 26.1 Å². The quantitative estimate of drug-likeness (QED) is 0.412. The highest BCUT2D eigenvalue weighted by Crippen LogP contribution is 2.33. The summed E-state index contributed by atoms with van der Waals surface area (Å²) in [6.45, 7) is 2.42. The maximum Gasteiger partial charge on any atom is 0.244 e. The van der Waals surface area contributed by atoms with Gasteiger partial charge in [-0.25, -0.2) is 17.8 Å². The Morgan fingerprint density at radius 2 is 2.00 bits per heavy atom. The average Bonchev–Trinajstić information content (AvgIpc) is 3.49. The highest BCUT2D eigenvalue weighted by atomic mass is 35.5. The SMILES string of the molecule is COCCCn1c([C@@H]2CCCN(C(=O)[C@@H]3CN(S(=O)(=O)c4ccc(F)cc4Cl)C[C@H]3N)C2)nc2ccccc21. The van der Waals surface area contributed by atoms with Crippen LogP contribution in [0.4, 0.5) is 4.39 Å². The largest absolute Gasteiger partial charge is 0.385 e. The van der Waals surface area contributed by atoms with E-state index in [4.69, 9.17) is 27.1 Å². The van der Waals surface area contributed by atoms with E-state index in [2.05, 4.69) is 10.6 Å². The summed E-state index contributed by atoms with van der Waals surface area (Å²) in [5.41, 5.74) is 8.31. The van der Waals surface area contributed by atoms with Gasteiger partial charge in [0, 0.05) is 58.4 Å². The topological polar surface area (TPSA) is 111 Å². The number of nitrogens with zero attached hydrogens (tertiary/aromatic N) is 4. The number of benzene rings is 2. The second-order valence-electron chi connectivity index (χ2n) is 10.2. The van der Waals surface area contributed by atoms with Crippen LogP contribution in [0, 0.1) is 11.7 Å². The van der Waals surface area contributed by atoms with Gasteiger partial charge in [0.05, 0.1) is 22.0 Å². The van der Waals surface area contributed by atoms with Crippen LogP contribution in [0.5, 0.6) is 0 Å². The molecule has 2 aromatic carbocycles. The third-order valence-corrected chi connectivity index (χ3v) is 9.99. The lowest BCUT2D eigenvalue weighted by atomic mass is 9.94. The molecule has 0 saturated carbocycles. The van der Waals surface area contributed by atoms with Gasteiger partial charge >= 0.3 is 0 Å². The van der Waals surface area contributed by atoms with Crippen molar-refractivity contribution < 1.29 is 22.3 Å². The van der Waals surface area contributed by atoms with E-state index in [1.165, 1.54) is 4.31 Å². The zero-order valence-corrected chi connectivity index (χ0v) is 23.4. The molecule has 3 heterocycles. The van der Waals surface area contributed by atoms with E-state index in [1.54, 1.807) is 12.0 Å². The van der Waals surface area contributed by atoms with Gasteiger partial charge in [0.1, 0.15) is 16.5 Å². The molecule has 2 N–H and O–H groups in total. The van der Waals surface area contributed by atoms with Crippen LogP contribution in [0.25, 0.3) is 11.0 Å². The van der Waals surface area contributed by atoms with Crippen LogP contribution in [0.3, 0.4) is 0 Å². The van der Waals surface area contributed by atoms with E-state index in [0.717, 1.165) is 60.9 Å². The summed E-state index contributed by atoms with van der Waals surface area (Å²) in [5.74, 6) is -0.462. The number of amides is 1. The van der Waals surface area contributed by atoms with Crippen LogP contribution in [0.2, 0.25) is 5.02 Å². The number of fused-ring (bicyclic) bond motifs is 1. The van der Waals surface area contributed by atoms with Crippen molar-refractivity contribution in [1.82, 2.24) is 18.8 Å². The number of halogens is 2. The van der Waals surface area contributed by atoms with Crippen molar-refractivity contribution >= 4 is 38.6 Å². The maximum absolute atomic E-state index is 13.7. The van der Waals surface area contributed by atoms with Crippen molar-refractivity contribution in [2.45, 2.75) is 42.7 Å². The smallest absolute Gasteiger partial charge is 0.244 e. The number of piperidine rings is 1. The molecule has 3 atom stereocenters. The van der Waals surface area contributed by atoms with E-state index in [-0.39, 0.29) is 34.8 Å². The molecule has 210 valence electrons. The van der Waals surface area contributed by atoms with Crippen molar-refractivity contribution in [2.24, 2.45) is 11.7 Å². The number of sulfonamides is 1. The Bertz CT molecular complexity index is 1470. The Balaban J connectivity index is 1.33. The lowest BCUT2D eigenvalue weighted by Crippen LogP contribution is -2.47. The van der Waals surface area contributed by atoms with Crippen molar-refractivity contribution in [3.63, 3.8) is 0 Å². The summed E-state index contributed by atoms with van der Waals surface area (Å²) in [4.78, 5) is 20.2. The third-order valence-electron chi connectivity index (χ3n) is 7.67. The van der Waals surface area contributed by atoms with Crippen molar-refractivity contribution in [1.29, 1.82) is 0 Å². The standard InChI is InChI=1S/C27H33ClFN5O4S/c1-38-13-5-12-34-24-8-3-2-7-23(24)31-26(34)18-6-4-11-32(15-18)27(35)20-16-33(17-22(20)30)39(36,37)25-10-9-19(29)14-21(25)28/h2-3,7-10,14,18,20,22H,4-6,11-13,15-17,30H2,1H3/t18-,20-,22-/m1/s1. The highest BCUT2D eigenvalue weighted by Gasteiger charge is 2.44. The number of likely N-dealkylation sites (tertiary alicyclic amines) is 1. The summed E-state index contributed by atoms with van der Waals surface area (Å²) in [5, 5.41) is -0.203. The number of methoxy groups -OCH3 is 1. The molecule has 2 fully saturated rings. The summed E-state index contributed by atoms with van der Waals surface area (Å²) >= 11 is 6.04. The zero-order valence-electron chi connectivity index (χ0n) is 21.8. The maximum atomic E-state index is 13.7. The zero-order chi connectivity index (χ0) is 27.7. The minimum absolute atomic E-state index is 0.0149. The molecule has 0 spiro atoms. The molecule has 2 aliphatic rings. The van der Waals surface area contributed by atoms with Gasteiger partial charge in [0.15, 0.2) is 0 Å². The van der Waals surface area contributed by atoms with Gasteiger partial charge in [-0.3, -0.25) is 4.79 Å². The second kappa shape index (κ2) is 11.5. The average molecular weight is 578 g/mol. The van der Waals surface area contributed by atoms with Gasteiger partial charge in [0.2, 0.25) is 15.9 Å². The van der Waals surface area contributed by atoms with Gasteiger partial charge < -0.3 is 19.9 Å². The molecule has 1 amide bonds. The Hall–Kier alpha value is -2.57. The molecule has 5 rings (SSSR count). The molecular weight excluding hydrogens is 545 g/mol. The summed E-state index contributed by atoms with van der Waals surface area (Å²) in [6.07, 6.45) is 2.56. The molecule has 12 heteroatoms. The highest BCUT2D eigenvalue weighted by molar-refractivity contribution is 7.89. The molecule has 0 radical (unpaired) electrons. The number of imidazole rings is 1. The normalized spacial score (nSPS) is 22.6. The van der Waals surface area contributed by atoms with Gasteiger partial charge in [-0.2, -0.15) is 4.31 Å². The molecule has 1 aromatic heterocycles. The third kappa shape index (κ3) is 5.55. The fraction of sp³-hybridized carbons (Fsp3) is 0.481. The minimum atomic E-state index is -4.04. The molecular formula is C27H33ClFN5O4S. The van der Waals surface area contributed by atoms with Gasteiger partial charge in [-0.1, -0.05) is 23.7 Å². The van der Waals surface area contributed by atoms with Crippen LogP contribution >= 0.6 is 11.6 Å². The van der Waals surface area contributed by atoms with Crippen molar-refractivity contribution in [3.8, 4) is 0 Å². The Labute approximate surface area is 232 Å². The van der Waals surface area contributed by atoms with Crippen LogP contribution in [0.15, 0.2) is 47.4 Å². The lowest BCUT2D eigenvalue weighted by molar-refractivity contribution is -0.136. The predicted octanol–water partition coefficient (Wildman–Crippen LogP) is 3.22. The molecule has 2 aliphatic heterocycles. The summed E-state index contributed by atoms with van der Waals surface area (Å²) < 4.78 is 48.6. The second-order valence-corrected chi connectivity index (χ2v) is 12.6. The van der Waals surface area contributed by atoms with E-state index in [0.29, 0.717) is 19.7 Å². The van der Waals surface area contributed by atoms with E-state index in [1.807, 2.05) is 18.2 Å². The number of ether oxygens (including phenoxy) is 1. The van der Waals surface area contributed by atoms with E-state index in [9.17, 15) is 17.6 Å². The van der Waals surface area contributed by atoms with Crippen molar-refractivity contribution in [3.05, 3.63) is 59.1 Å². The summed E-state index contributed by atoms with van der Waals surface area (Å²) in [6, 6.07) is 10.5. The van der Waals surface area contributed by atoms with Crippen LogP contribution in [0.1, 0.15) is 31.0 Å². The number of aromatic nitrogens is 2.